The molecule has 5 heterocycles. The smallest absolute Gasteiger partial charge is 0.410 e. The summed E-state index contributed by atoms with van der Waals surface area (Å²) in [5.74, 6) is -1.40. The van der Waals surface area contributed by atoms with Crippen LogP contribution >= 0.6 is 0 Å². The predicted molar refractivity (Wildman–Crippen MR) is 176 cm³/mol. The molecule has 1 aromatic carbocycles. The van der Waals surface area contributed by atoms with Gasteiger partial charge in [-0.3, -0.25) is 4.98 Å². The Morgan fingerprint density at radius 3 is 2.49 bits per heavy atom. The summed E-state index contributed by atoms with van der Waals surface area (Å²) in [7, 11) is 0. The number of benzene rings is 1. The standard InChI is InChI=1S/C35H38F2N6O4/c1-18(2)27-29(19(3)11-13-38-27)43-32-23(15-25(37)28(39-32)26-24(36)10-9-22-12-14-46-30(22)26)31(40-33(43)44)41-16-21(5)42(17-20(41)4)34(45)47-35(6,7)8/h9-15,18,20-21H,16-17H2,1-8H3/t20-,21+/m0/s1. The molecule has 246 valence electrons. The molecule has 6 rings (SSSR count). The number of ether oxygens (including phenoxy) is 1. The summed E-state index contributed by atoms with van der Waals surface area (Å²) in [6.45, 7) is 15.5. The Morgan fingerprint density at radius 1 is 1.04 bits per heavy atom. The number of nitrogens with zero attached hydrogens (tertiary/aromatic N) is 6. The van der Waals surface area contributed by atoms with Gasteiger partial charge in [-0.2, -0.15) is 4.98 Å². The maximum Gasteiger partial charge on any atom is 0.410 e. The number of amides is 1. The first-order chi connectivity index (χ1) is 22.2. The summed E-state index contributed by atoms with van der Waals surface area (Å²) >= 11 is 0. The lowest BCUT2D eigenvalue weighted by Gasteiger charge is -2.44. The zero-order valence-electron chi connectivity index (χ0n) is 27.8. The average Bonchev–Trinajstić information content (AvgIpc) is 3.46. The van der Waals surface area contributed by atoms with Crippen molar-refractivity contribution in [3.8, 4) is 16.9 Å². The second-order valence-corrected chi connectivity index (χ2v) is 13.5. The van der Waals surface area contributed by atoms with Gasteiger partial charge in [0.15, 0.2) is 11.5 Å². The van der Waals surface area contributed by atoms with Gasteiger partial charge >= 0.3 is 11.8 Å². The van der Waals surface area contributed by atoms with Crippen LogP contribution in [0.15, 0.2) is 52.0 Å². The van der Waals surface area contributed by atoms with E-state index in [0.29, 0.717) is 23.3 Å². The van der Waals surface area contributed by atoms with Gasteiger partial charge in [-0.15, -0.1) is 0 Å². The van der Waals surface area contributed by atoms with Gasteiger partial charge in [-0.25, -0.2) is 27.9 Å². The molecule has 0 N–H and O–H groups in total. The number of halogens is 2. The van der Waals surface area contributed by atoms with E-state index in [1.807, 2.05) is 60.3 Å². The van der Waals surface area contributed by atoms with Crippen LogP contribution in [0.1, 0.15) is 65.6 Å². The largest absolute Gasteiger partial charge is 0.464 e. The van der Waals surface area contributed by atoms with Crippen LogP contribution in [0.5, 0.6) is 0 Å². The third-order valence-corrected chi connectivity index (χ3v) is 8.42. The summed E-state index contributed by atoms with van der Waals surface area (Å²) < 4.78 is 44.3. The number of fused-ring (bicyclic) bond motifs is 2. The van der Waals surface area contributed by atoms with Crippen molar-refractivity contribution in [1.82, 2.24) is 24.4 Å². The minimum Gasteiger partial charge on any atom is -0.464 e. The minimum absolute atomic E-state index is 0.0810. The Balaban J connectivity index is 1.60. The van der Waals surface area contributed by atoms with Crippen LogP contribution in [0.25, 0.3) is 38.9 Å². The number of carbonyl (C=O) groups is 1. The number of anilines is 1. The molecule has 10 nitrogen and oxygen atoms in total. The maximum atomic E-state index is 16.3. The monoisotopic (exact) mass is 644 g/mol. The lowest BCUT2D eigenvalue weighted by Crippen LogP contribution is -2.59. The number of piperazine rings is 1. The summed E-state index contributed by atoms with van der Waals surface area (Å²) in [6, 6.07) is 6.81. The number of pyridine rings is 2. The molecule has 1 fully saturated rings. The fourth-order valence-electron chi connectivity index (χ4n) is 6.21. The van der Waals surface area contributed by atoms with Crippen LogP contribution in [-0.4, -0.2) is 61.3 Å². The minimum atomic E-state index is -0.811. The van der Waals surface area contributed by atoms with Crippen LogP contribution in [0, 0.1) is 18.6 Å². The summed E-state index contributed by atoms with van der Waals surface area (Å²) in [6.07, 6.45) is 2.63. The second kappa shape index (κ2) is 11.7. The van der Waals surface area contributed by atoms with Gasteiger partial charge in [0.1, 0.15) is 28.5 Å². The molecule has 12 heteroatoms. The van der Waals surface area contributed by atoms with E-state index in [9.17, 15) is 9.59 Å². The molecular formula is C35H38F2N6O4. The molecule has 47 heavy (non-hydrogen) atoms. The van der Waals surface area contributed by atoms with E-state index in [1.165, 1.54) is 23.0 Å². The van der Waals surface area contributed by atoms with Crippen molar-refractivity contribution in [3.05, 3.63) is 76.2 Å². The molecule has 1 aliphatic rings. The first-order valence-corrected chi connectivity index (χ1v) is 15.7. The summed E-state index contributed by atoms with van der Waals surface area (Å²) in [4.78, 5) is 44.6. The van der Waals surface area contributed by atoms with Crippen molar-refractivity contribution in [2.75, 3.05) is 18.0 Å². The highest BCUT2D eigenvalue weighted by Gasteiger charge is 2.37. The molecule has 0 aliphatic carbocycles. The zero-order chi connectivity index (χ0) is 33.9. The lowest BCUT2D eigenvalue weighted by atomic mass is 10.0. The number of rotatable bonds is 4. The number of furan rings is 1. The average molecular weight is 645 g/mol. The van der Waals surface area contributed by atoms with E-state index in [-0.39, 0.29) is 58.2 Å². The summed E-state index contributed by atoms with van der Waals surface area (Å²) in [5.41, 5.74) is 0.306. The molecule has 1 saturated heterocycles. The molecule has 1 aliphatic heterocycles. The third-order valence-electron chi connectivity index (χ3n) is 8.42. The fraction of sp³-hybridized carbons (Fsp3) is 0.400. The van der Waals surface area contributed by atoms with Crippen molar-refractivity contribution in [2.45, 2.75) is 79.0 Å². The highest BCUT2D eigenvalue weighted by molar-refractivity contribution is 5.95. The number of aromatic nitrogens is 4. The van der Waals surface area contributed by atoms with Crippen LogP contribution in [0.4, 0.5) is 19.4 Å². The Labute approximate surface area is 271 Å². The predicted octanol–water partition coefficient (Wildman–Crippen LogP) is 7.13. The Kier molecular flexibility index (Phi) is 8.01. The summed E-state index contributed by atoms with van der Waals surface area (Å²) in [5, 5.41) is 0.826. The van der Waals surface area contributed by atoms with Gasteiger partial charge < -0.3 is 19.0 Å². The SMILES string of the molecule is Cc1ccnc(C(C)C)c1-n1c(=O)nc(N2C[C@@H](C)N(C(=O)OC(C)(C)C)C[C@@H]2C)c2cc(F)c(-c3c(F)ccc4ccoc34)nc21. The molecule has 0 bridgehead atoms. The van der Waals surface area contributed by atoms with Crippen molar-refractivity contribution in [1.29, 1.82) is 0 Å². The molecule has 1 amide bonds. The Bertz CT molecular complexity index is 2080. The van der Waals surface area contributed by atoms with Crippen LogP contribution in [0.3, 0.4) is 0 Å². The van der Waals surface area contributed by atoms with Crippen molar-refractivity contribution in [3.63, 3.8) is 0 Å². The van der Waals surface area contributed by atoms with Crippen LogP contribution in [-0.2, 0) is 4.74 Å². The van der Waals surface area contributed by atoms with Gasteiger partial charge in [0.2, 0.25) is 0 Å². The normalized spacial score (nSPS) is 17.3. The maximum absolute atomic E-state index is 16.3. The molecular weight excluding hydrogens is 606 g/mol. The van der Waals surface area contributed by atoms with Crippen molar-refractivity contribution >= 4 is 33.9 Å². The molecule has 0 spiro atoms. The number of hydrogen-bond acceptors (Lipinski definition) is 8. The molecule has 4 aromatic heterocycles. The highest BCUT2D eigenvalue weighted by Crippen LogP contribution is 2.37. The molecule has 0 radical (unpaired) electrons. The van der Waals surface area contributed by atoms with Crippen molar-refractivity contribution in [2.24, 2.45) is 0 Å². The van der Waals surface area contributed by atoms with Crippen LogP contribution < -0.4 is 10.6 Å². The Hall–Kier alpha value is -4.87. The van der Waals surface area contributed by atoms with Gasteiger partial charge in [0.05, 0.1) is 28.6 Å². The number of carbonyl (C=O) groups excluding carboxylic acids is 1. The first-order valence-electron chi connectivity index (χ1n) is 15.7. The molecule has 0 unspecified atom stereocenters. The van der Waals surface area contributed by atoms with E-state index in [1.54, 1.807) is 29.3 Å². The zero-order valence-corrected chi connectivity index (χ0v) is 27.8. The van der Waals surface area contributed by atoms with Crippen molar-refractivity contribution < 1.29 is 22.7 Å². The van der Waals surface area contributed by atoms with Gasteiger partial charge in [-0.1, -0.05) is 13.8 Å². The van der Waals surface area contributed by atoms with E-state index in [4.69, 9.17) is 14.1 Å². The Morgan fingerprint density at radius 2 is 1.79 bits per heavy atom. The van der Waals surface area contributed by atoms with Gasteiger partial charge in [0.25, 0.3) is 0 Å². The van der Waals surface area contributed by atoms with E-state index < -0.39 is 29.0 Å². The van der Waals surface area contributed by atoms with Crippen LogP contribution in [0.2, 0.25) is 0 Å². The van der Waals surface area contributed by atoms with Gasteiger partial charge in [0, 0.05) is 36.8 Å². The lowest BCUT2D eigenvalue weighted by molar-refractivity contribution is 0.0130. The quantitative estimate of drug-likeness (QED) is 0.203. The second-order valence-electron chi connectivity index (χ2n) is 13.5. The fourth-order valence-corrected chi connectivity index (χ4v) is 6.21. The highest BCUT2D eigenvalue weighted by atomic mass is 19.1. The first kappa shape index (κ1) is 32.1. The molecule has 0 saturated carbocycles. The van der Waals surface area contributed by atoms with E-state index in [2.05, 4.69) is 9.97 Å². The van der Waals surface area contributed by atoms with E-state index >= 15 is 8.78 Å². The van der Waals surface area contributed by atoms with E-state index in [0.717, 1.165) is 5.56 Å². The topological polar surface area (TPSA) is 107 Å². The number of aryl methyl sites for hydroxylation is 1. The molecule has 2 atom stereocenters. The molecule has 5 aromatic rings. The third kappa shape index (κ3) is 5.70. The number of hydrogen-bond donors (Lipinski definition) is 0. The van der Waals surface area contributed by atoms with Gasteiger partial charge in [-0.05, 0) is 83.4 Å².